The molecule has 1 amide bonds. The van der Waals surface area contributed by atoms with Crippen LogP contribution in [0.4, 0.5) is 4.79 Å². The summed E-state index contributed by atoms with van der Waals surface area (Å²) in [4.78, 5) is 11.1. The maximum atomic E-state index is 11.1. The van der Waals surface area contributed by atoms with Gasteiger partial charge in [-0.2, -0.15) is 0 Å². The fourth-order valence-electron chi connectivity index (χ4n) is 2.10. The summed E-state index contributed by atoms with van der Waals surface area (Å²) in [7, 11) is 0. The largest absolute Gasteiger partial charge is 0.450 e. The predicted molar refractivity (Wildman–Crippen MR) is 72.2 cm³/mol. The fraction of sp³-hybridized carbons (Fsp3) is 0.929. The van der Waals surface area contributed by atoms with Gasteiger partial charge in [-0.3, -0.25) is 0 Å². The quantitative estimate of drug-likeness (QED) is 0.586. The van der Waals surface area contributed by atoms with Crippen molar-refractivity contribution in [3.05, 3.63) is 0 Å². The molecule has 0 rings (SSSR count). The van der Waals surface area contributed by atoms with Gasteiger partial charge in [-0.1, -0.05) is 46.0 Å². The molecule has 1 atom stereocenters. The van der Waals surface area contributed by atoms with Crippen LogP contribution in [0.1, 0.15) is 65.7 Å². The van der Waals surface area contributed by atoms with Gasteiger partial charge < -0.3 is 10.1 Å². The molecule has 0 aromatic carbocycles. The lowest BCUT2D eigenvalue weighted by molar-refractivity contribution is 0.152. The van der Waals surface area contributed by atoms with E-state index < -0.39 is 0 Å². The number of amides is 1. The molecule has 0 aromatic rings. The lowest BCUT2D eigenvalue weighted by Gasteiger charge is -2.15. The zero-order valence-electron chi connectivity index (χ0n) is 11.8. The average Bonchev–Trinajstić information content (AvgIpc) is 2.31. The summed E-state index contributed by atoms with van der Waals surface area (Å²) in [6.45, 7) is 7.49. The summed E-state index contributed by atoms with van der Waals surface area (Å²) in [5, 5.41) is 2.78. The Kier molecular flexibility index (Phi) is 11.2. The molecule has 0 radical (unpaired) electrons. The first kappa shape index (κ1) is 16.3. The van der Waals surface area contributed by atoms with Crippen molar-refractivity contribution < 1.29 is 9.53 Å². The lowest BCUT2D eigenvalue weighted by Crippen LogP contribution is -2.25. The number of ether oxygens (including phenoxy) is 1. The number of nitrogens with one attached hydrogen (secondary N) is 1. The van der Waals surface area contributed by atoms with Crippen molar-refractivity contribution in [2.45, 2.75) is 65.7 Å². The molecular weight excluding hydrogens is 214 g/mol. The van der Waals surface area contributed by atoms with E-state index >= 15 is 0 Å². The second-order valence-corrected chi connectivity index (χ2v) is 4.59. The first-order valence-corrected chi connectivity index (χ1v) is 7.15. The number of alkyl carbamates (subject to hydrolysis) is 1. The molecule has 102 valence electrons. The predicted octanol–water partition coefficient (Wildman–Crippen LogP) is 4.12. The van der Waals surface area contributed by atoms with E-state index in [9.17, 15) is 4.79 Å². The van der Waals surface area contributed by atoms with Crippen LogP contribution in [0.25, 0.3) is 0 Å². The summed E-state index contributed by atoms with van der Waals surface area (Å²) in [5.74, 6) is 0.837. The Hall–Kier alpha value is -0.730. The van der Waals surface area contributed by atoms with Crippen molar-refractivity contribution >= 4 is 6.09 Å². The number of rotatable bonds is 10. The van der Waals surface area contributed by atoms with Gasteiger partial charge >= 0.3 is 6.09 Å². The minimum atomic E-state index is -0.284. The first-order chi connectivity index (χ1) is 8.24. The molecular formula is C14H29NO2. The Labute approximate surface area is 106 Å². The van der Waals surface area contributed by atoms with E-state index in [2.05, 4.69) is 19.2 Å². The summed E-state index contributed by atoms with van der Waals surface area (Å²) >= 11 is 0. The molecule has 0 aliphatic carbocycles. The Bertz CT molecular complexity index is 183. The molecule has 0 aliphatic rings. The molecule has 3 nitrogen and oxygen atoms in total. The van der Waals surface area contributed by atoms with E-state index in [1.54, 1.807) is 0 Å². The van der Waals surface area contributed by atoms with Gasteiger partial charge in [-0.25, -0.2) is 4.79 Å². The number of unbranched alkanes of at least 4 members (excludes halogenated alkanes) is 1. The molecule has 0 saturated carbocycles. The molecule has 0 aromatic heterocycles. The zero-order chi connectivity index (χ0) is 12.9. The van der Waals surface area contributed by atoms with Gasteiger partial charge in [0.1, 0.15) is 0 Å². The lowest BCUT2D eigenvalue weighted by atomic mass is 9.92. The van der Waals surface area contributed by atoms with Gasteiger partial charge in [0.25, 0.3) is 0 Å². The molecule has 1 unspecified atom stereocenters. The third kappa shape index (κ3) is 10.2. The third-order valence-electron chi connectivity index (χ3n) is 3.00. The highest BCUT2D eigenvalue weighted by Crippen LogP contribution is 2.19. The summed E-state index contributed by atoms with van der Waals surface area (Å²) < 4.78 is 4.81. The molecule has 0 spiro atoms. The van der Waals surface area contributed by atoms with Crippen LogP contribution in [0.2, 0.25) is 0 Å². The summed E-state index contributed by atoms with van der Waals surface area (Å²) in [6, 6.07) is 0. The van der Waals surface area contributed by atoms with E-state index in [0.717, 1.165) is 18.9 Å². The van der Waals surface area contributed by atoms with Gasteiger partial charge in [0.2, 0.25) is 0 Å². The monoisotopic (exact) mass is 243 g/mol. The van der Waals surface area contributed by atoms with Crippen LogP contribution in [-0.4, -0.2) is 19.2 Å². The highest BCUT2D eigenvalue weighted by atomic mass is 16.5. The number of carbonyl (C=O) groups is 1. The number of hydrogen-bond acceptors (Lipinski definition) is 2. The number of hydrogen-bond donors (Lipinski definition) is 1. The smallest absolute Gasteiger partial charge is 0.407 e. The Morgan fingerprint density at radius 1 is 1.06 bits per heavy atom. The van der Waals surface area contributed by atoms with Gasteiger partial charge in [0.05, 0.1) is 6.61 Å². The van der Waals surface area contributed by atoms with Crippen molar-refractivity contribution in [2.24, 2.45) is 5.92 Å². The highest BCUT2D eigenvalue weighted by molar-refractivity contribution is 5.66. The van der Waals surface area contributed by atoms with Crippen LogP contribution in [0.3, 0.4) is 0 Å². The second-order valence-electron chi connectivity index (χ2n) is 4.59. The van der Waals surface area contributed by atoms with E-state index in [1.807, 2.05) is 6.92 Å². The zero-order valence-corrected chi connectivity index (χ0v) is 11.8. The van der Waals surface area contributed by atoms with Crippen molar-refractivity contribution in [1.82, 2.24) is 5.32 Å². The standard InChI is InChI=1S/C14H29NO2/c1-4-7-10-13(9-5-2)11-8-12-15-14(16)17-6-3/h13H,4-12H2,1-3H3,(H,15,16). The fourth-order valence-corrected chi connectivity index (χ4v) is 2.10. The van der Waals surface area contributed by atoms with E-state index in [1.165, 1.54) is 38.5 Å². The Morgan fingerprint density at radius 2 is 1.76 bits per heavy atom. The van der Waals surface area contributed by atoms with Crippen LogP contribution in [0, 0.1) is 5.92 Å². The van der Waals surface area contributed by atoms with Crippen LogP contribution in [-0.2, 0) is 4.74 Å². The topological polar surface area (TPSA) is 38.3 Å². The van der Waals surface area contributed by atoms with Crippen LogP contribution in [0.5, 0.6) is 0 Å². The Balaban J connectivity index is 3.55. The minimum Gasteiger partial charge on any atom is -0.450 e. The molecule has 17 heavy (non-hydrogen) atoms. The molecule has 0 heterocycles. The maximum Gasteiger partial charge on any atom is 0.407 e. The van der Waals surface area contributed by atoms with Crippen LogP contribution >= 0.6 is 0 Å². The highest BCUT2D eigenvalue weighted by Gasteiger charge is 2.07. The molecule has 0 saturated heterocycles. The van der Waals surface area contributed by atoms with Crippen LogP contribution in [0.15, 0.2) is 0 Å². The van der Waals surface area contributed by atoms with Gasteiger partial charge in [0.15, 0.2) is 0 Å². The number of carbonyl (C=O) groups excluding carboxylic acids is 1. The molecule has 0 fully saturated rings. The van der Waals surface area contributed by atoms with Crippen molar-refractivity contribution in [2.75, 3.05) is 13.2 Å². The average molecular weight is 243 g/mol. The van der Waals surface area contributed by atoms with Gasteiger partial charge in [-0.15, -0.1) is 0 Å². The Morgan fingerprint density at radius 3 is 2.35 bits per heavy atom. The summed E-state index contributed by atoms with van der Waals surface area (Å²) in [6.07, 6.45) is 8.53. The van der Waals surface area contributed by atoms with E-state index in [-0.39, 0.29) is 6.09 Å². The van der Waals surface area contributed by atoms with Crippen molar-refractivity contribution in [3.8, 4) is 0 Å². The molecule has 0 aliphatic heterocycles. The van der Waals surface area contributed by atoms with Crippen molar-refractivity contribution in [3.63, 3.8) is 0 Å². The van der Waals surface area contributed by atoms with Gasteiger partial charge in [0, 0.05) is 6.54 Å². The van der Waals surface area contributed by atoms with Crippen LogP contribution < -0.4 is 5.32 Å². The van der Waals surface area contributed by atoms with E-state index in [0.29, 0.717) is 6.61 Å². The maximum absolute atomic E-state index is 11.1. The van der Waals surface area contributed by atoms with Crippen molar-refractivity contribution in [1.29, 1.82) is 0 Å². The van der Waals surface area contributed by atoms with E-state index in [4.69, 9.17) is 4.74 Å². The molecule has 3 heteroatoms. The SMILES string of the molecule is CCCCC(CCC)CCCNC(=O)OCC. The summed E-state index contributed by atoms with van der Waals surface area (Å²) in [5.41, 5.74) is 0. The second kappa shape index (κ2) is 11.7. The van der Waals surface area contributed by atoms with Gasteiger partial charge in [-0.05, 0) is 25.7 Å². The molecule has 0 bridgehead atoms. The first-order valence-electron chi connectivity index (χ1n) is 7.15. The normalized spacial score (nSPS) is 12.2. The minimum absolute atomic E-state index is 0.284. The third-order valence-corrected chi connectivity index (χ3v) is 3.00. The molecule has 1 N–H and O–H groups in total.